The normalized spacial score (nSPS) is 12.5. The molecule has 0 fully saturated rings. The summed E-state index contributed by atoms with van der Waals surface area (Å²) < 4.78 is 13.1. The SMILES string of the molecule is CCCCCCCCCCCCCCCCCCC(CCCCCCCCCCCCCCCCCC)(N(CCO)CCO)P(=O)(O)O. The van der Waals surface area contributed by atoms with Gasteiger partial charge in [0.25, 0.3) is 0 Å². The van der Waals surface area contributed by atoms with Crippen LogP contribution in [-0.2, 0) is 4.57 Å². The number of unbranched alkanes of at least 4 members (excludes halogenated alkanes) is 30. The van der Waals surface area contributed by atoms with Crippen molar-refractivity contribution in [1.82, 2.24) is 4.90 Å². The quantitative estimate of drug-likeness (QED) is 0.0374. The first-order valence-electron chi connectivity index (χ1n) is 21.4. The Hall–Kier alpha value is 0.0300. The predicted octanol–water partition coefficient (Wildman–Crippen LogP) is 12.5. The maximum Gasteiger partial charge on any atom is 0.345 e. The Bertz CT molecular complexity index is 646. The summed E-state index contributed by atoms with van der Waals surface area (Å²) in [4.78, 5) is 23.1. The van der Waals surface area contributed by atoms with Crippen molar-refractivity contribution in [2.45, 2.75) is 237 Å². The van der Waals surface area contributed by atoms with E-state index in [9.17, 15) is 24.6 Å². The molecular formula is C41H86NO5P. The van der Waals surface area contributed by atoms with Crippen molar-refractivity contribution in [2.24, 2.45) is 0 Å². The minimum Gasteiger partial charge on any atom is -0.395 e. The highest BCUT2D eigenvalue weighted by molar-refractivity contribution is 7.53. The third-order valence-electron chi connectivity index (χ3n) is 10.7. The van der Waals surface area contributed by atoms with Gasteiger partial charge in [-0.25, -0.2) is 0 Å². The van der Waals surface area contributed by atoms with Gasteiger partial charge in [0.15, 0.2) is 0 Å². The highest BCUT2D eigenvalue weighted by Crippen LogP contribution is 2.57. The van der Waals surface area contributed by atoms with Crippen molar-refractivity contribution >= 4 is 7.60 Å². The number of nitrogens with zero attached hydrogens (tertiary/aromatic N) is 1. The first-order valence-corrected chi connectivity index (χ1v) is 23.0. The summed E-state index contributed by atoms with van der Waals surface area (Å²) in [6.07, 6.45) is 41.5. The smallest absolute Gasteiger partial charge is 0.345 e. The van der Waals surface area contributed by atoms with Crippen LogP contribution in [0, 0.1) is 0 Å². The lowest BCUT2D eigenvalue weighted by Gasteiger charge is -2.44. The van der Waals surface area contributed by atoms with E-state index in [1.165, 1.54) is 167 Å². The molecule has 0 aromatic rings. The average molecular weight is 704 g/mol. The van der Waals surface area contributed by atoms with Crippen molar-refractivity contribution in [3.05, 3.63) is 0 Å². The highest BCUT2D eigenvalue weighted by atomic mass is 31.2. The zero-order chi connectivity index (χ0) is 35.4. The first kappa shape index (κ1) is 48.0. The van der Waals surface area contributed by atoms with Gasteiger partial charge in [0.1, 0.15) is 5.28 Å². The summed E-state index contributed by atoms with van der Waals surface area (Å²) >= 11 is 0. The molecule has 0 aliphatic carbocycles. The zero-order valence-electron chi connectivity index (χ0n) is 32.5. The molecule has 290 valence electrons. The predicted molar refractivity (Wildman–Crippen MR) is 209 cm³/mol. The van der Waals surface area contributed by atoms with Gasteiger partial charge in [-0.1, -0.05) is 219 Å². The van der Waals surface area contributed by atoms with Gasteiger partial charge in [-0.05, 0) is 12.8 Å². The van der Waals surface area contributed by atoms with E-state index in [1.54, 1.807) is 4.90 Å². The maximum atomic E-state index is 13.1. The van der Waals surface area contributed by atoms with E-state index >= 15 is 0 Å². The average Bonchev–Trinajstić information content (AvgIpc) is 3.06. The maximum absolute atomic E-state index is 13.1. The summed E-state index contributed by atoms with van der Waals surface area (Å²) in [5, 5.41) is 18.2. The summed E-state index contributed by atoms with van der Waals surface area (Å²) in [6, 6.07) is 0. The van der Waals surface area contributed by atoms with Crippen molar-refractivity contribution in [3.8, 4) is 0 Å². The van der Waals surface area contributed by atoms with E-state index in [4.69, 9.17) is 0 Å². The third kappa shape index (κ3) is 26.8. The fraction of sp³-hybridized carbons (Fsp3) is 1.00. The number of aliphatic hydroxyl groups excluding tert-OH is 2. The van der Waals surface area contributed by atoms with Crippen LogP contribution in [0.3, 0.4) is 0 Å². The Morgan fingerprint density at radius 1 is 0.396 bits per heavy atom. The summed E-state index contributed by atoms with van der Waals surface area (Å²) in [6.45, 7) is 4.58. The Kier molecular flexibility index (Phi) is 35.5. The van der Waals surface area contributed by atoms with Crippen LogP contribution in [0.4, 0.5) is 0 Å². The second-order valence-corrected chi connectivity index (χ2v) is 17.0. The van der Waals surface area contributed by atoms with Crippen molar-refractivity contribution in [2.75, 3.05) is 26.3 Å². The largest absolute Gasteiger partial charge is 0.395 e. The number of rotatable bonds is 40. The van der Waals surface area contributed by atoms with Crippen LogP contribution in [0.25, 0.3) is 0 Å². The molecule has 0 aliphatic heterocycles. The molecule has 7 heteroatoms. The molecule has 0 heterocycles. The fourth-order valence-electron chi connectivity index (χ4n) is 7.60. The lowest BCUT2D eigenvalue weighted by atomic mass is 9.97. The minimum absolute atomic E-state index is 0.167. The molecule has 0 bridgehead atoms. The molecule has 4 N–H and O–H groups in total. The number of hydrogen-bond donors (Lipinski definition) is 4. The van der Waals surface area contributed by atoms with Crippen LogP contribution in [-0.4, -0.2) is 56.5 Å². The van der Waals surface area contributed by atoms with Crippen LogP contribution in [0.5, 0.6) is 0 Å². The highest BCUT2D eigenvalue weighted by Gasteiger charge is 2.49. The lowest BCUT2D eigenvalue weighted by Crippen LogP contribution is -2.51. The second kappa shape index (κ2) is 35.4. The molecule has 0 rings (SSSR count). The second-order valence-electron chi connectivity index (χ2n) is 15.1. The Labute approximate surface area is 300 Å². The van der Waals surface area contributed by atoms with Crippen LogP contribution in [0.1, 0.15) is 232 Å². The fourth-order valence-corrected chi connectivity index (χ4v) is 9.07. The van der Waals surface area contributed by atoms with Gasteiger partial charge in [-0.15, -0.1) is 0 Å². The Morgan fingerprint density at radius 3 is 0.792 bits per heavy atom. The molecule has 0 aromatic heterocycles. The zero-order valence-corrected chi connectivity index (χ0v) is 33.4. The molecule has 48 heavy (non-hydrogen) atoms. The van der Waals surface area contributed by atoms with Gasteiger partial charge in [0, 0.05) is 13.1 Å². The Morgan fingerprint density at radius 2 is 0.604 bits per heavy atom. The molecule has 0 unspecified atom stereocenters. The molecule has 6 nitrogen and oxygen atoms in total. The third-order valence-corrected chi connectivity index (χ3v) is 12.5. The molecule has 0 saturated heterocycles. The van der Waals surface area contributed by atoms with E-state index in [2.05, 4.69) is 13.8 Å². The van der Waals surface area contributed by atoms with Crippen molar-refractivity contribution in [3.63, 3.8) is 0 Å². The molecule has 0 amide bonds. The van der Waals surface area contributed by atoms with Gasteiger partial charge in [-0.2, -0.15) is 0 Å². The van der Waals surface area contributed by atoms with Gasteiger partial charge < -0.3 is 20.0 Å². The summed E-state index contributed by atoms with van der Waals surface area (Å²) in [7, 11) is -4.50. The molecule has 0 spiro atoms. The number of aliphatic hydroxyl groups is 2. The number of hydrogen-bond acceptors (Lipinski definition) is 4. The molecule has 0 aromatic carbocycles. The summed E-state index contributed by atoms with van der Waals surface area (Å²) in [5.74, 6) is 0. The molecular weight excluding hydrogens is 617 g/mol. The van der Waals surface area contributed by atoms with Gasteiger partial charge in [0.2, 0.25) is 0 Å². The van der Waals surface area contributed by atoms with Crippen LogP contribution >= 0.6 is 7.60 Å². The topological polar surface area (TPSA) is 101 Å². The Balaban J connectivity index is 4.34. The lowest BCUT2D eigenvalue weighted by molar-refractivity contribution is 0.0665. The standard InChI is InChI=1S/C41H86NO5P/c1-3-5-7-9-11-13-15-17-19-21-23-25-27-29-31-33-35-41(48(45,46)47,42(37-39-43)38-40-44)36-34-32-30-28-26-24-22-20-18-16-14-12-10-8-6-4-2/h43-44H,3-40H2,1-2H3,(H2,45,46,47). The first-order chi connectivity index (χ1) is 23.4. The van der Waals surface area contributed by atoms with E-state index in [-0.39, 0.29) is 26.3 Å². The van der Waals surface area contributed by atoms with Crippen LogP contribution < -0.4 is 0 Å². The van der Waals surface area contributed by atoms with E-state index in [0.29, 0.717) is 12.8 Å². The van der Waals surface area contributed by atoms with Crippen molar-refractivity contribution < 1.29 is 24.6 Å². The summed E-state index contributed by atoms with van der Waals surface area (Å²) in [5.41, 5.74) is 0. The molecule has 0 atom stereocenters. The van der Waals surface area contributed by atoms with Gasteiger partial charge in [-0.3, -0.25) is 9.46 Å². The van der Waals surface area contributed by atoms with Gasteiger partial charge in [0.05, 0.1) is 13.2 Å². The van der Waals surface area contributed by atoms with Crippen LogP contribution in [0.2, 0.25) is 0 Å². The van der Waals surface area contributed by atoms with E-state index < -0.39 is 12.9 Å². The molecule has 0 aliphatic rings. The van der Waals surface area contributed by atoms with Crippen LogP contribution in [0.15, 0.2) is 0 Å². The minimum atomic E-state index is -4.50. The molecule has 0 radical (unpaired) electrons. The van der Waals surface area contributed by atoms with Crippen molar-refractivity contribution in [1.29, 1.82) is 0 Å². The van der Waals surface area contributed by atoms with Gasteiger partial charge >= 0.3 is 7.60 Å². The van der Waals surface area contributed by atoms with E-state index in [1.807, 2.05) is 0 Å². The molecule has 0 saturated carbocycles. The van der Waals surface area contributed by atoms with E-state index in [0.717, 1.165) is 38.5 Å². The monoisotopic (exact) mass is 704 g/mol.